The van der Waals surface area contributed by atoms with E-state index in [-0.39, 0.29) is 0 Å². The molecule has 0 aliphatic carbocycles. The molecule has 1 saturated heterocycles. The average Bonchev–Trinajstić information content (AvgIpc) is 2.42. The molecular weight excluding hydrogens is 240 g/mol. The Morgan fingerprint density at radius 2 is 1.95 bits per heavy atom. The molecule has 1 atom stereocenters. The molecule has 1 aromatic rings. The Hall–Kier alpha value is -1.42. The molecule has 0 amide bonds. The van der Waals surface area contributed by atoms with Crippen LogP contribution in [0.4, 0.5) is 5.69 Å². The van der Waals surface area contributed by atoms with E-state index in [0.29, 0.717) is 6.04 Å². The Morgan fingerprint density at radius 3 is 2.68 bits per heavy atom. The highest BCUT2D eigenvalue weighted by Gasteiger charge is 2.15. The predicted molar refractivity (Wildman–Crippen MR) is 78.5 cm³/mol. The van der Waals surface area contributed by atoms with Gasteiger partial charge >= 0.3 is 0 Å². The number of hydrogen-bond donors (Lipinski definition) is 1. The summed E-state index contributed by atoms with van der Waals surface area (Å²) in [5, 5.41) is 3.54. The summed E-state index contributed by atoms with van der Waals surface area (Å²) in [6, 6.07) is 6.65. The molecule has 1 N–H and O–H groups in total. The zero-order chi connectivity index (χ0) is 13.7. The molecule has 1 aliphatic heterocycles. The number of anilines is 1. The number of benzene rings is 1. The molecule has 1 aliphatic rings. The van der Waals surface area contributed by atoms with Crippen LogP contribution in [0.5, 0.6) is 11.5 Å². The minimum Gasteiger partial charge on any atom is -0.493 e. The molecule has 0 bridgehead atoms. The molecular formula is C15H24N2O2. The van der Waals surface area contributed by atoms with Crippen molar-refractivity contribution in [1.82, 2.24) is 5.32 Å². The largest absolute Gasteiger partial charge is 0.493 e. The summed E-state index contributed by atoms with van der Waals surface area (Å²) in [5.74, 6) is 1.58. The topological polar surface area (TPSA) is 33.7 Å². The Balaban J connectivity index is 2.18. The molecule has 1 aromatic carbocycles. The van der Waals surface area contributed by atoms with Gasteiger partial charge in [-0.05, 0) is 38.4 Å². The third-order valence-corrected chi connectivity index (χ3v) is 3.57. The van der Waals surface area contributed by atoms with Gasteiger partial charge in [0, 0.05) is 30.9 Å². The van der Waals surface area contributed by atoms with Crippen LogP contribution in [-0.4, -0.2) is 39.9 Å². The van der Waals surface area contributed by atoms with Crippen LogP contribution in [0.3, 0.4) is 0 Å². The standard InChI is InChI=1S/C15H24N2O2/c1-12-11-17(9-5-4-8-16-12)13-6-7-14(18-2)15(10-13)19-3/h6-7,10,12,16H,4-5,8-9,11H2,1-3H3. The van der Waals surface area contributed by atoms with Crippen molar-refractivity contribution in [2.45, 2.75) is 25.8 Å². The first-order valence-corrected chi connectivity index (χ1v) is 6.95. The highest BCUT2D eigenvalue weighted by molar-refractivity contribution is 5.56. The molecule has 106 valence electrons. The van der Waals surface area contributed by atoms with E-state index < -0.39 is 0 Å². The second-order valence-corrected chi connectivity index (χ2v) is 5.05. The zero-order valence-electron chi connectivity index (χ0n) is 12.1. The average molecular weight is 264 g/mol. The molecule has 2 rings (SSSR count). The van der Waals surface area contributed by atoms with Gasteiger partial charge in [-0.15, -0.1) is 0 Å². The van der Waals surface area contributed by atoms with E-state index in [1.54, 1.807) is 14.2 Å². The van der Waals surface area contributed by atoms with Crippen molar-refractivity contribution in [3.63, 3.8) is 0 Å². The van der Waals surface area contributed by atoms with E-state index in [9.17, 15) is 0 Å². The Kier molecular flexibility index (Phi) is 4.91. The highest BCUT2D eigenvalue weighted by Crippen LogP contribution is 2.31. The van der Waals surface area contributed by atoms with Gasteiger partial charge in [0.2, 0.25) is 0 Å². The zero-order valence-corrected chi connectivity index (χ0v) is 12.1. The fourth-order valence-electron chi connectivity index (χ4n) is 2.52. The Morgan fingerprint density at radius 1 is 1.16 bits per heavy atom. The van der Waals surface area contributed by atoms with Gasteiger partial charge in [-0.1, -0.05) is 0 Å². The van der Waals surface area contributed by atoms with Crippen LogP contribution in [0.1, 0.15) is 19.8 Å². The molecule has 1 fully saturated rings. The van der Waals surface area contributed by atoms with Gasteiger partial charge in [-0.2, -0.15) is 0 Å². The van der Waals surface area contributed by atoms with Gasteiger partial charge in [0.25, 0.3) is 0 Å². The van der Waals surface area contributed by atoms with Crippen LogP contribution in [-0.2, 0) is 0 Å². The number of hydrogen-bond acceptors (Lipinski definition) is 4. The number of ether oxygens (including phenoxy) is 2. The SMILES string of the molecule is COc1ccc(N2CCCCNC(C)C2)cc1OC. The Bertz CT molecular complexity index is 409. The monoisotopic (exact) mass is 264 g/mol. The maximum Gasteiger partial charge on any atom is 0.162 e. The fraction of sp³-hybridized carbons (Fsp3) is 0.600. The minimum atomic E-state index is 0.508. The highest BCUT2D eigenvalue weighted by atomic mass is 16.5. The maximum atomic E-state index is 5.38. The minimum absolute atomic E-state index is 0.508. The lowest BCUT2D eigenvalue weighted by molar-refractivity contribution is 0.355. The lowest BCUT2D eigenvalue weighted by Crippen LogP contribution is -2.42. The normalized spacial score (nSPS) is 20.6. The van der Waals surface area contributed by atoms with Crippen molar-refractivity contribution >= 4 is 5.69 Å². The van der Waals surface area contributed by atoms with Crippen LogP contribution in [0.2, 0.25) is 0 Å². The van der Waals surface area contributed by atoms with Crippen molar-refractivity contribution < 1.29 is 9.47 Å². The second kappa shape index (κ2) is 6.66. The molecule has 0 spiro atoms. The quantitative estimate of drug-likeness (QED) is 0.908. The molecule has 0 aromatic heterocycles. The maximum absolute atomic E-state index is 5.38. The van der Waals surface area contributed by atoms with Crippen molar-refractivity contribution in [3.05, 3.63) is 18.2 Å². The van der Waals surface area contributed by atoms with E-state index in [1.807, 2.05) is 6.07 Å². The number of nitrogens with zero attached hydrogens (tertiary/aromatic N) is 1. The van der Waals surface area contributed by atoms with E-state index >= 15 is 0 Å². The smallest absolute Gasteiger partial charge is 0.162 e. The van der Waals surface area contributed by atoms with E-state index in [4.69, 9.17) is 9.47 Å². The first kappa shape index (κ1) is 14.0. The molecule has 0 radical (unpaired) electrons. The predicted octanol–water partition coefficient (Wildman–Crippen LogP) is 2.28. The lowest BCUT2D eigenvalue weighted by atomic mass is 10.1. The summed E-state index contributed by atoms with van der Waals surface area (Å²) in [6.45, 7) is 5.48. The van der Waals surface area contributed by atoms with E-state index in [2.05, 4.69) is 29.3 Å². The fourth-order valence-corrected chi connectivity index (χ4v) is 2.52. The van der Waals surface area contributed by atoms with Gasteiger partial charge in [0.05, 0.1) is 14.2 Å². The van der Waals surface area contributed by atoms with Crippen LogP contribution in [0, 0.1) is 0 Å². The molecule has 4 heteroatoms. The molecule has 19 heavy (non-hydrogen) atoms. The summed E-state index contributed by atoms with van der Waals surface area (Å²) in [6.07, 6.45) is 2.45. The molecule has 1 unspecified atom stereocenters. The molecule has 4 nitrogen and oxygen atoms in total. The van der Waals surface area contributed by atoms with E-state index in [1.165, 1.54) is 18.5 Å². The van der Waals surface area contributed by atoms with Crippen molar-refractivity contribution in [2.75, 3.05) is 38.8 Å². The lowest BCUT2D eigenvalue weighted by Gasteiger charge is -2.31. The van der Waals surface area contributed by atoms with Crippen molar-refractivity contribution in [2.24, 2.45) is 0 Å². The van der Waals surface area contributed by atoms with Gasteiger partial charge in [-0.3, -0.25) is 0 Å². The number of rotatable bonds is 3. The van der Waals surface area contributed by atoms with Crippen molar-refractivity contribution in [1.29, 1.82) is 0 Å². The van der Waals surface area contributed by atoms with Gasteiger partial charge in [0.1, 0.15) is 0 Å². The first-order chi connectivity index (χ1) is 9.24. The number of nitrogens with one attached hydrogen (secondary N) is 1. The van der Waals surface area contributed by atoms with Crippen LogP contribution in [0.15, 0.2) is 18.2 Å². The van der Waals surface area contributed by atoms with Crippen LogP contribution >= 0.6 is 0 Å². The third-order valence-electron chi connectivity index (χ3n) is 3.57. The van der Waals surface area contributed by atoms with Crippen LogP contribution in [0.25, 0.3) is 0 Å². The van der Waals surface area contributed by atoms with Crippen molar-refractivity contribution in [3.8, 4) is 11.5 Å². The Labute approximate surface area is 115 Å². The third kappa shape index (κ3) is 3.53. The summed E-state index contributed by atoms with van der Waals surface area (Å²) in [7, 11) is 3.35. The van der Waals surface area contributed by atoms with Gasteiger partial charge in [-0.25, -0.2) is 0 Å². The summed E-state index contributed by atoms with van der Waals surface area (Å²) in [4.78, 5) is 2.42. The first-order valence-electron chi connectivity index (χ1n) is 6.95. The summed E-state index contributed by atoms with van der Waals surface area (Å²) in [5.41, 5.74) is 1.20. The van der Waals surface area contributed by atoms with Gasteiger partial charge < -0.3 is 19.7 Å². The van der Waals surface area contributed by atoms with E-state index in [0.717, 1.165) is 31.1 Å². The van der Waals surface area contributed by atoms with Crippen LogP contribution < -0.4 is 19.7 Å². The second-order valence-electron chi connectivity index (χ2n) is 5.05. The molecule has 1 heterocycles. The summed E-state index contributed by atoms with van der Waals surface area (Å²) < 4.78 is 10.7. The summed E-state index contributed by atoms with van der Waals surface area (Å²) >= 11 is 0. The van der Waals surface area contributed by atoms with Gasteiger partial charge in [0.15, 0.2) is 11.5 Å². The number of methoxy groups -OCH3 is 2. The molecule has 0 saturated carbocycles.